The molecule has 1 amide bonds. The number of carbonyl (C=O) groups excluding carboxylic acids is 1. The van der Waals surface area contributed by atoms with Crippen LogP contribution in [0.4, 0.5) is 0 Å². The van der Waals surface area contributed by atoms with Gasteiger partial charge in [-0.15, -0.1) is 0 Å². The topological polar surface area (TPSA) is 69.6 Å². The van der Waals surface area contributed by atoms with Gasteiger partial charge in [-0.25, -0.2) is 0 Å². The fourth-order valence-corrected chi connectivity index (χ4v) is 1.04. The summed E-state index contributed by atoms with van der Waals surface area (Å²) in [6.45, 7) is 5.79. The molecule has 0 fully saturated rings. The number of aromatic hydroxyl groups is 2. The third-order valence-corrected chi connectivity index (χ3v) is 1.78. The lowest BCUT2D eigenvalue weighted by atomic mass is 10.1. The molecule has 0 unspecified atom stereocenters. The fraction of sp³-hybridized carbons (Fsp3) is 0.182. The van der Waals surface area contributed by atoms with Crippen LogP contribution in [0.3, 0.4) is 0 Å². The van der Waals surface area contributed by atoms with E-state index in [1.54, 1.807) is 6.92 Å². The van der Waals surface area contributed by atoms with E-state index in [2.05, 4.69) is 11.9 Å². The molecule has 0 radical (unpaired) electrons. The van der Waals surface area contributed by atoms with Crippen LogP contribution >= 0.6 is 0 Å². The van der Waals surface area contributed by atoms with Crippen LogP contribution < -0.4 is 5.32 Å². The Morgan fingerprint density at radius 2 is 2.13 bits per heavy atom. The Morgan fingerprint density at radius 1 is 1.47 bits per heavy atom. The first-order valence-corrected chi connectivity index (χ1v) is 4.45. The van der Waals surface area contributed by atoms with E-state index < -0.39 is 5.91 Å². The van der Waals surface area contributed by atoms with Crippen LogP contribution in [0.15, 0.2) is 30.4 Å². The number of phenols is 2. The van der Waals surface area contributed by atoms with Crippen LogP contribution in [0.1, 0.15) is 17.3 Å². The molecule has 1 aromatic rings. The van der Waals surface area contributed by atoms with E-state index in [1.165, 1.54) is 12.1 Å². The predicted molar refractivity (Wildman–Crippen MR) is 56.9 cm³/mol. The number of nitrogens with one attached hydrogen (secondary N) is 1. The molecule has 1 rings (SSSR count). The highest BCUT2D eigenvalue weighted by molar-refractivity contribution is 5.97. The Hall–Kier alpha value is -1.97. The van der Waals surface area contributed by atoms with Gasteiger partial charge >= 0.3 is 0 Å². The van der Waals surface area contributed by atoms with Crippen molar-refractivity contribution in [3.63, 3.8) is 0 Å². The van der Waals surface area contributed by atoms with Gasteiger partial charge in [-0.1, -0.05) is 12.2 Å². The Bertz CT molecular complexity index is 399. The average molecular weight is 207 g/mol. The summed E-state index contributed by atoms with van der Waals surface area (Å²) in [4.78, 5) is 11.5. The van der Waals surface area contributed by atoms with E-state index in [0.717, 1.165) is 11.6 Å². The number of hydrogen-bond acceptors (Lipinski definition) is 3. The minimum absolute atomic E-state index is 0.0797. The largest absolute Gasteiger partial charge is 0.508 e. The highest BCUT2D eigenvalue weighted by Crippen LogP contribution is 2.22. The van der Waals surface area contributed by atoms with Crippen LogP contribution in [-0.4, -0.2) is 22.7 Å². The first-order valence-electron chi connectivity index (χ1n) is 4.45. The average Bonchev–Trinajstić information content (AvgIpc) is 2.14. The van der Waals surface area contributed by atoms with Gasteiger partial charge in [0.2, 0.25) is 0 Å². The molecule has 4 nitrogen and oxygen atoms in total. The minimum Gasteiger partial charge on any atom is -0.508 e. The highest BCUT2D eigenvalue weighted by Gasteiger charge is 2.10. The molecule has 0 aromatic heterocycles. The predicted octanol–water partition coefficient (Wildman–Crippen LogP) is 1.40. The van der Waals surface area contributed by atoms with Crippen molar-refractivity contribution in [1.82, 2.24) is 5.32 Å². The molecule has 0 spiro atoms. The molecule has 80 valence electrons. The molecule has 0 heterocycles. The number of amides is 1. The van der Waals surface area contributed by atoms with Gasteiger partial charge in [0, 0.05) is 12.6 Å². The molecular weight excluding hydrogens is 194 g/mol. The second-order valence-electron chi connectivity index (χ2n) is 3.34. The molecule has 0 aliphatic carbocycles. The van der Waals surface area contributed by atoms with E-state index in [-0.39, 0.29) is 17.1 Å². The number of carbonyl (C=O) groups is 1. The second-order valence-corrected chi connectivity index (χ2v) is 3.34. The first kappa shape index (κ1) is 11.1. The molecule has 0 atom stereocenters. The standard InChI is InChI=1S/C11H13NO3/c1-7(2)6-12-11(15)9-4-3-8(13)5-10(9)14/h3-5,13-14H,1,6H2,2H3,(H,12,15). The summed E-state index contributed by atoms with van der Waals surface area (Å²) in [6, 6.07) is 3.82. The SMILES string of the molecule is C=C(C)CNC(=O)c1ccc(O)cc1O. The van der Waals surface area contributed by atoms with Gasteiger partial charge in [0.25, 0.3) is 5.91 Å². The van der Waals surface area contributed by atoms with Gasteiger partial charge in [-0.3, -0.25) is 4.79 Å². The van der Waals surface area contributed by atoms with Gasteiger partial charge < -0.3 is 15.5 Å². The maximum atomic E-state index is 11.5. The maximum Gasteiger partial charge on any atom is 0.255 e. The number of rotatable bonds is 3. The zero-order valence-electron chi connectivity index (χ0n) is 8.45. The van der Waals surface area contributed by atoms with Gasteiger partial charge in [-0.05, 0) is 19.1 Å². The van der Waals surface area contributed by atoms with E-state index in [0.29, 0.717) is 6.54 Å². The number of hydrogen-bond donors (Lipinski definition) is 3. The zero-order chi connectivity index (χ0) is 11.4. The summed E-state index contributed by atoms with van der Waals surface area (Å²) in [5, 5.41) is 21.0. The van der Waals surface area contributed by atoms with Crippen LogP contribution in [-0.2, 0) is 0 Å². The molecular formula is C11H13NO3. The smallest absolute Gasteiger partial charge is 0.255 e. The summed E-state index contributed by atoms with van der Waals surface area (Å²) < 4.78 is 0. The van der Waals surface area contributed by atoms with Crippen LogP contribution in [0.25, 0.3) is 0 Å². The van der Waals surface area contributed by atoms with Gasteiger partial charge in [0.1, 0.15) is 11.5 Å². The van der Waals surface area contributed by atoms with E-state index in [9.17, 15) is 9.90 Å². The summed E-state index contributed by atoms with van der Waals surface area (Å²) in [5.74, 6) is -0.714. The minimum atomic E-state index is -0.393. The lowest BCUT2D eigenvalue weighted by Gasteiger charge is -2.06. The zero-order valence-corrected chi connectivity index (χ0v) is 8.45. The van der Waals surface area contributed by atoms with Crippen molar-refractivity contribution in [2.45, 2.75) is 6.92 Å². The Kier molecular flexibility index (Phi) is 3.33. The van der Waals surface area contributed by atoms with Gasteiger partial charge in [0.05, 0.1) is 5.56 Å². The Morgan fingerprint density at radius 3 is 2.67 bits per heavy atom. The Labute approximate surface area is 87.9 Å². The van der Waals surface area contributed by atoms with Crippen molar-refractivity contribution >= 4 is 5.91 Å². The maximum absolute atomic E-state index is 11.5. The van der Waals surface area contributed by atoms with Crippen molar-refractivity contribution in [2.24, 2.45) is 0 Å². The normalized spacial score (nSPS) is 9.67. The van der Waals surface area contributed by atoms with Crippen molar-refractivity contribution in [3.8, 4) is 11.5 Å². The molecule has 3 N–H and O–H groups in total. The van der Waals surface area contributed by atoms with Crippen LogP contribution in [0.2, 0.25) is 0 Å². The van der Waals surface area contributed by atoms with Crippen molar-refractivity contribution in [1.29, 1.82) is 0 Å². The quantitative estimate of drug-likeness (QED) is 0.656. The summed E-state index contributed by atoms with van der Waals surface area (Å²) in [7, 11) is 0. The Balaban J connectivity index is 2.78. The monoisotopic (exact) mass is 207 g/mol. The molecule has 1 aromatic carbocycles. The lowest BCUT2D eigenvalue weighted by Crippen LogP contribution is -2.24. The van der Waals surface area contributed by atoms with E-state index in [4.69, 9.17) is 5.11 Å². The van der Waals surface area contributed by atoms with Crippen molar-refractivity contribution in [2.75, 3.05) is 6.54 Å². The summed E-state index contributed by atoms with van der Waals surface area (Å²) >= 11 is 0. The highest BCUT2D eigenvalue weighted by atomic mass is 16.3. The van der Waals surface area contributed by atoms with Crippen molar-refractivity contribution in [3.05, 3.63) is 35.9 Å². The molecule has 0 aliphatic rings. The van der Waals surface area contributed by atoms with Gasteiger partial charge in [0.15, 0.2) is 0 Å². The number of benzene rings is 1. The molecule has 0 aliphatic heterocycles. The summed E-state index contributed by atoms with van der Waals surface area (Å²) in [5.41, 5.74) is 0.954. The molecule has 15 heavy (non-hydrogen) atoms. The number of phenolic OH excluding ortho intramolecular Hbond substituents is 2. The van der Waals surface area contributed by atoms with Gasteiger partial charge in [-0.2, -0.15) is 0 Å². The first-order chi connectivity index (χ1) is 7.00. The van der Waals surface area contributed by atoms with E-state index >= 15 is 0 Å². The lowest BCUT2D eigenvalue weighted by molar-refractivity contribution is 0.0954. The second kappa shape index (κ2) is 4.50. The van der Waals surface area contributed by atoms with Crippen LogP contribution in [0.5, 0.6) is 11.5 Å². The molecule has 0 saturated heterocycles. The van der Waals surface area contributed by atoms with E-state index in [1.807, 2.05) is 0 Å². The molecule has 0 bridgehead atoms. The van der Waals surface area contributed by atoms with Crippen molar-refractivity contribution < 1.29 is 15.0 Å². The third-order valence-electron chi connectivity index (χ3n) is 1.78. The van der Waals surface area contributed by atoms with Crippen LogP contribution in [0, 0.1) is 0 Å². The third kappa shape index (κ3) is 3.02. The fourth-order valence-electron chi connectivity index (χ4n) is 1.04. The molecule has 0 saturated carbocycles. The summed E-state index contributed by atoms with van der Waals surface area (Å²) in [6.07, 6.45) is 0. The molecule has 4 heteroatoms.